The first-order valence-corrected chi connectivity index (χ1v) is 5.49. The second-order valence-electron chi connectivity index (χ2n) is 3.83. The van der Waals surface area contributed by atoms with Crippen molar-refractivity contribution in [2.24, 2.45) is 0 Å². The molecule has 1 N–H and O–H groups in total. The highest BCUT2D eigenvalue weighted by molar-refractivity contribution is 5.97. The van der Waals surface area contributed by atoms with Gasteiger partial charge in [0.1, 0.15) is 5.75 Å². The molecule has 0 radical (unpaired) electrons. The number of aryl methyl sites for hydroxylation is 1. The molecule has 0 aromatic heterocycles. The summed E-state index contributed by atoms with van der Waals surface area (Å²) in [5, 5.41) is 2.51. The van der Waals surface area contributed by atoms with Gasteiger partial charge in [-0.2, -0.15) is 0 Å². The number of hydrogen-bond acceptors (Lipinski definition) is 3. The summed E-state index contributed by atoms with van der Waals surface area (Å²) in [6, 6.07) is 5.43. The zero-order valence-corrected chi connectivity index (χ0v) is 10.4. The molecule has 0 unspecified atom stereocenters. The molecule has 0 atom stereocenters. The number of ether oxygens (including phenoxy) is 1. The molecule has 0 bridgehead atoms. The normalized spacial score (nSPS) is 9.82. The molecular formula is C13H17NO3. The van der Waals surface area contributed by atoms with Crippen LogP contribution in [0.2, 0.25) is 0 Å². The van der Waals surface area contributed by atoms with E-state index in [-0.39, 0.29) is 24.7 Å². The Kier molecular flexibility index (Phi) is 4.69. The molecule has 1 rings (SSSR count). The van der Waals surface area contributed by atoms with Crippen molar-refractivity contribution < 1.29 is 14.3 Å². The number of rotatable bonds is 5. The molecule has 0 fully saturated rings. The molecule has 1 aromatic carbocycles. The molecule has 0 aliphatic heterocycles. The van der Waals surface area contributed by atoms with Gasteiger partial charge in [0.25, 0.3) is 0 Å². The number of nitrogens with one attached hydrogen (secondary N) is 1. The van der Waals surface area contributed by atoms with Crippen LogP contribution in [-0.4, -0.2) is 25.3 Å². The van der Waals surface area contributed by atoms with Crippen LogP contribution in [0.15, 0.2) is 18.2 Å². The van der Waals surface area contributed by atoms with Crippen molar-refractivity contribution in [3.05, 3.63) is 29.3 Å². The molecule has 92 valence electrons. The third kappa shape index (κ3) is 3.90. The van der Waals surface area contributed by atoms with Gasteiger partial charge in [0, 0.05) is 7.05 Å². The van der Waals surface area contributed by atoms with E-state index in [1.807, 2.05) is 13.0 Å². The van der Waals surface area contributed by atoms with Crippen LogP contribution in [0.1, 0.15) is 29.3 Å². The average molecular weight is 235 g/mol. The van der Waals surface area contributed by atoms with Crippen LogP contribution in [0.5, 0.6) is 5.75 Å². The summed E-state index contributed by atoms with van der Waals surface area (Å²) < 4.78 is 5.44. The zero-order chi connectivity index (χ0) is 12.8. The Morgan fingerprint density at radius 3 is 2.65 bits per heavy atom. The summed E-state index contributed by atoms with van der Waals surface area (Å²) in [6.07, 6.45) is 0.279. The lowest BCUT2D eigenvalue weighted by atomic mass is 10.1. The second-order valence-corrected chi connectivity index (χ2v) is 3.83. The van der Waals surface area contributed by atoms with Crippen LogP contribution in [-0.2, 0) is 4.79 Å². The SMILES string of the molecule is CNC(=O)CCOc1ccc(C)cc1C(C)=O. The van der Waals surface area contributed by atoms with Gasteiger partial charge in [-0.25, -0.2) is 0 Å². The highest BCUT2D eigenvalue weighted by atomic mass is 16.5. The first kappa shape index (κ1) is 13.2. The van der Waals surface area contributed by atoms with Crippen molar-refractivity contribution in [2.75, 3.05) is 13.7 Å². The Balaban J connectivity index is 2.70. The minimum Gasteiger partial charge on any atom is -0.492 e. The van der Waals surface area contributed by atoms with Gasteiger partial charge in [0.2, 0.25) is 5.91 Å². The van der Waals surface area contributed by atoms with E-state index in [1.54, 1.807) is 19.2 Å². The summed E-state index contributed by atoms with van der Waals surface area (Å²) in [7, 11) is 1.58. The minimum absolute atomic E-state index is 0.0383. The number of carbonyl (C=O) groups is 2. The molecule has 0 aliphatic carbocycles. The fraction of sp³-hybridized carbons (Fsp3) is 0.385. The fourth-order valence-corrected chi connectivity index (χ4v) is 1.42. The number of carbonyl (C=O) groups excluding carboxylic acids is 2. The van der Waals surface area contributed by atoms with Crippen LogP contribution >= 0.6 is 0 Å². The molecule has 0 spiro atoms. The molecule has 4 heteroatoms. The summed E-state index contributed by atoms with van der Waals surface area (Å²) in [5.41, 5.74) is 1.57. The molecular weight excluding hydrogens is 218 g/mol. The zero-order valence-electron chi connectivity index (χ0n) is 10.4. The molecule has 17 heavy (non-hydrogen) atoms. The molecule has 0 aliphatic rings. The van der Waals surface area contributed by atoms with Gasteiger partial charge in [-0.3, -0.25) is 9.59 Å². The van der Waals surface area contributed by atoms with E-state index in [1.165, 1.54) is 6.92 Å². The molecule has 0 heterocycles. The maximum atomic E-state index is 11.4. The van der Waals surface area contributed by atoms with E-state index in [0.29, 0.717) is 11.3 Å². The van der Waals surface area contributed by atoms with Crippen LogP contribution < -0.4 is 10.1 Å². The van der Waals surface area contributed by atoms with Crippen molar-refractivity contribution in [2.45, 2.75) is 20.3 Å². The summed E-state index contributed by atoms with van der Waals surface area (Å²) in [4.78, 5) is 22.4. The lowest BCUT2D eigenvalue weighted by Crippen LogP contribution is -2.20. The quantitative estimate of drug-likeness (QED) is 0.790. The third-order valence-corrected chi connectivity index (χ3v) is 2.38. The number of amides is 1. The van der Waals surface area contributed by atoms with Crippen molar-refractivity contribution in [1.82, 2.24) is 5.32 Å². The lowest BCUT2D eigenvalue weighted by molar-refractivity contribution is -0.121. The molecule has 1 aromatic rings. The van der Waals surface area contributed by atoms with Crippen molar-refractivity contribution in [1.29, 1.82) is 0 Å². The minimum atomic E-state index is -0.0820. The summed E-state index contributed by atoms with van der Waals surface area (Å²) >= 11 is 0. The average Bonchev–Trinajstić information content (AvgIpc) is 2.30. The monoisotopic (exact) mass is 235 g/mol. The Morgan fingerprint density at radius 2 is 2.06 bits per heavy atom. The number of Topliss-reactive ketones (excluding diaryl/α,β-unsaturated/α-hetero) is 1. The van der Waals surface area contributed by atoms with E-state index < -0.39 is 0 Å². The van der Waals surface area contributed by atoms with E-state index >= 15 is 0 Å². The van der Waals surface area contributed by atoms with Crippen molar-refractivity contribution >= 4 is 11.7 Å². The third-order valence-electron chi connectivity index (χ3n) is 2.38. The number of benzene rings is 1. The highest BCUT2D eigenvalue weighted by Gasteiger charge is 2.09. The summed E-state index contributed by atoms with van der Waals surface area (Å²) in [6.45, 7) is 3.68. The van der Waals surface area contributed by atoms with Gasteiger partial charge in [-0.15, -0.1) is 0 Å². The standard InChI is InChI=1S/C13H17NO3/c1-9-4-5-12(11(8-9)10(2)15)17-7-6-13(16)14-3/h4-5,8H,6-7H2,1-3H3,(H,14,16). The molecule has 0 saturated heterocycles. The van der Waals surface area contributed by atoms with Gasteiger partial charge < -0.3 is 10.1 Å². The predicted octanol–water partition coefficient (Wildman–Crippen LogP) is 1.71. The van der Waals surface area contributed by atoms with E-state index in [9.17, 15) is 9.59 Å². The maximum Gasteiger partial charge on any atom is 0.223 e. The Morgan fingerprint density at radius 1 is 1.35 bits per heavy atom. The smallest absolute Gasteiger partial charge is 0.223 e. The Bertz CT molecular complexity index is 427. The van der Waals surface area contributed by atoms with Gasteiger partial charge in [-0.1, -0.05) is 11.6 Å². The molecule has 1 amide bonds. The summed E-state index contributed by atoms with van der Waals surface area (Å²) in [5.74, 6) is 0.414. The van der Waals surface area contributed by atoms with Gasteiger partial charge in [-0.05, 0) is 26.0 Å². The fourth-order valence-electron chi connectivity index (χ4n) is 1.42. The van der Waals surface area contributed by atoms with Crippen molar-refractivity contribution in [3.8, 4) is 5.75 Å². The topological polar surface area (TPSA) is 55.4 Å². The maximum absolute atomic E-state index is 11.4. The van der Waals surface area contributed by atoms with Crippen LogP contribution in [0, 0.1) is 6.92 Å². The Labute approximate surface area is 101 Å². The lowest BCUT2D eigenvalue weighted by Gasteiger charge is -2.10. The predicted molar refractivity (Wildman–Crippen MR) is 65.4 cm³/mol. The van der Waals surface area contributed by atoms with Crippen LogP contribution in [0.3, 0.4) is 0 Å². The second kappa shape index (κ2) is 6.03. The van der Waals surface area contributed by atoms with Gasteiger partial charge in [0.15, 0.2) is 5.78 Å². The first-order chi connectivity index (χ1) is 8.04. The highest BCUT2D eigenvalue weighted by Crippen LogP contribution is 2.20. The Hall–Kier alpha value is -1.84. The molecule has 4 nitrogen and oxygen atoms in total. The van der Waals surface area contributed by atoms with E-state index in [2.05, 4.69) is 5.32 Å². The molecule has 0 saturated carbocycles. The first-order valence-electron chi connectivity index (χ1n) is 5.49. The van der Waals surface area contributed by atoms with Gasteiger partial charge >= 0.3 is 0 Å². The largest absolute Gasteiger partial charge is 0.492 e. The van der Waals surface area contributed by atoms with Gasteiger partial charge in [0.05, 0.1) is 18.6 Å². The number of ketones is 1. The van der Waals surface area contributed by atoms with E-state index in [4.69, 9.17) is 4.74 Å². The number of hydrogen-bond donors (Lipinski definition) is 1. The van der Waals surface area contributed by atoms with Crippen LogP contribution in [0.25, 0.3) is 0 Å². The van der Waals surface area contributed by atoms with Crippen molar-refractivity contribution in [3.63, 3.8) is 0 Å². The van der Waals surface area contributed by atoms with E-state index in [0.717, 1.165) is 5.56 Å². The van der Waals surface area contributed by atoms with Crippen LogP contribution in [0.4, 0.5) is 0 Å².